The summed E-state index contributed by atoms with van der Waals surface area (Å²) in [5.74, 6) is 0. The van der Waals surface area contributed by atoms with Gasteiger partial charge in [-0.25, -0.2) is 0 Å². The molecule has 0 saturated carbocycles. The van der Waals surface area contributed by atoms with Crippen LogP contribution in [0.5, 0.6) is 0 Å². The second kappa shape index (κ2) is 5.36. The van der Waals surface area contributed by atoms with Gasteiger partial charge in [0.05, 0.1) is 10.6 Å². The molecule has 18 heavy (non-hydrogen) atoms. The molecule has 1 aliphatic rings. The standard InChI is InChI=1S/C13H12INO2S/c1-10-4-2-3-5-13(10)18(16,17)15-12-8-6-11(14)7-9-12/h2-8H,9H2,1H3. The number of benzene rings is 1. The fraction of sp³-hybridized carbons (Fsp3) is 0.154. The Morgan fingerprint density at radius 1 is 1.22 bits per heavy atom. The van der Waals surface area contributed by atoms with Crippen molar-refractivity contribution in [2.75, 3.05) is 0 Å². The van der Waals surface area contributed by atoms with E-state index < -0.39 is 10.0 Å². The topological polar surface area (TPSA) is 46.5 Å². The molecule has 1 aromatic carbocycles. The third kappa shape index (κ3) is 3.08. The van der Waals surface area contributed by atoms with Crippen LogP contribution in [-0.4, -0.2) is 14.1 Å². The van der Waals surface area contributed by atoms with Gasteiger partial charge < -0.3 is 0 Å². The Balaban J connectivity index is 2.38. The summed E-state index contributed by atoms with van der Waals surface area (Å²) in [5, 5.41) is 0. The average molecular weight is 373 g/mol. The lowest BCUT2D eigenvalue weighted by molar-refractivity contribution is 0.597. The maximum Gasteiger partial charge on any atom is 0.282 e. The molecule has 0 amide bonds. The summed E-state index contributed by atoms with van der Waals surface area (Å²) >= 11 is 2.19. The van der Waals surface area contributed by atoms with Crippen LogP contribution in [0, 0.1) is 6.92 Å². The highest BCUT2D eigenvalue weighted by Crippen LogP contribution is 2.20. The predicted molar refractivity (Wildman–Crippen MR) is 81.7 cm³/mol. The predicted octanol–water partition coefficient (Wildman–Crippen LogP) is 3.40. The molecule has 0 spiro atoms. The number of hydrogen-bond acceptors (Lipinski definition) is 2. The lowest BCUT2D eigenvalue weighted by Crippen LogP contribution is -2.05. The first kappa shape index (κ1) is 13.5. The molecule has 0 saturated heterocycles. The second-order valence-corrected chi connectivity index (χ2v) is 6.77. The number of nitrogens with zero attached hydrogens (tertiary/aromatic N) is 1. The number of halogens is 1. The first-order valence-corrected chi connectivity index (χ1v) is 7.94. The molecule has 3 nitrogen and oxygen atoms in total. The molecule has 0 aromatic heterocycles. The van der Waals surface area contributed by atoms with Crippen molar-refractivity contribution >= 4 is 38.3 Å². The lowest BCUT2D eigenvalue weighted by atomic mass is 10.2. The van der Waals surface area contributed by atoms with Crippen LogP contribution in [-0.2, 0) is 10.0 Å². The van der Waals surface area contributed by atoms with E-state index in [1.54, 1.807) is 31.2 Å². The van der Waals surface area contributed by atoms with Gasteiger partial charge in [0.15, 0.2) is 0 Å². The summed E-state index contributed by atoms with van der Waals surface area (Å²) in [7, 11) is -3.60. The van der Waals surface area contributed by atoms with Crippen LogP contribution in [0.1, 0.15) is 12.0 Å². The minimum absolute atomic E-state index is 0.273. The van der Waals surface area contributed by atoms with Gasteiger partial charge in [-0.1, -0.05) is 24.3 Å². The Hall–Kier alpha value is -0.950. The Labute approximate surface area is 121 Å². The van der Waals surface area contributed by atoms with Gasteiger partial charge in [0.25, 0.3) is 10.0 Å². The summed E-state index contributed by atoms with van der Waals surface area (Å²) < 4.78 is 29.3. The molecule has 94 valence electrons. The van der Waals surface area contributed by atoms with Crippen LogP contribution in [0.3, 0.4) is 0 Å². The highest BCUT2D eigenvalue weighted by Gasteiger charge is 2.16. The summed E-state index contributed by atoms with van der Waals surface area (Å²) in [6.45, 7) is 1.77. The summed E-state index contributed by atoms with van der Waals surface area (Å²) in [6.07, 6.45) is 6.11. The van der Waals surface area contributed by atoms with Gasteiger partial charge in [-0.2, -0.15) is 12.8 Å². The van der Waals surface area contributed by atoms with Gasteiger partial charge in [0.1, 0.15) is 0 Å². The monoisotopic (exact) mass is 373 g/mol. The van der Waals surface area contributed by atoms with E-state index in [0.717, 1.165) is 3.58 Å². The zero-order valence-corrected chi connectivity index (χ0v) is 12.8. The van der Waals surface area contributed by atoms with Crippen molar-refractivity contribution < 1.29 is 8.42 Å². The van der Waals surface area contributed by atoms with Crippen molar-refractivity contribution in [2.24, 2.45) is 4.40 Å². The molecule has 5 heteroatoms. The van der Waals surface area contributed by atoms with Crippen LogP contribution in [0.4, 0.5) is 0 Å². The lowest BCUT2D eigenvalue weighted by Gasteiger charge is -2.06. The van der Waals surface area contributed by atoms with Gasteiger partial charge in [0, 0.05) is 10.0 Å². The first-order valence-electron chi connectivity index (χ1n) is 5.42. The summed E-state index contributed by atoms with van der Waals surface area (Å²) in [5.41, 5.74) is 1.28. The summed E-state index contributed by atoms with van der Waals surface area (Å²) in [6, 6.07) is 6.88. The fourth-order valence-corrected chi connectivity index (χ4v) is 3.30. The molecule has 0 aliphatic heterocycles. The SMILES string of the molecule is Cc1ccccc1S(=O)(=O)N=C1C=CC(I)=CC1. The molecule has 1 aliphatic carbocycles. The van der Waals surface area contributed by atoms with Crippen molar-refractivity contribution in [3.63, 3.8) is 0 Å². The molecule has 0 radical (unpaired) electrons. The van der Waals surface area contributed by atoms with E-state index in [4.69, 9.17) is 0 Å². The third-order valence-electron chi connectivity index (χ3n) is 2.55. The Morgan fingerprint density at radius 2 is 1.94 bits per heavy atom. The minimum Gasteiger partial charge on any atom is -0.199 e. The molecule has 0 heterocycles. The number of allylic oxidation sites excluding steroid dienone is 4. The highest BCUT2D eigenvalue weighted by molar-refractivity contribution is 14.1. The average Bonchev–Trinajstić information content (AvgIpc) is 2.32. The molecule has 0 unspecified atom stereocenters. The molecule has 0 N–H and O–H groups in total. The van der Waals surface area contributed by atoms with Gasteiger partial charge in [0.2, 0.25) is 0 Å². The molecule has 0 atom stereocenters. The van der Waals surface area contributed by atoms with Crippen molar-refractivity contribution in [2.45, 2.75) is 18.2 Å². The van der Waals surface area contributed by atoms with E-state index in [9.17, 15) is 8.42 Å². The first-order chi connectivity index (χ1) is 8.49. The minimum atomic E-state index is -3.60. The van der Waals surface area contributed by atoms with E-state index in [1.165, 1.54) is 0 Å². The molecule has 1 aromatic rings. The summed E-state index contributed by atoms with van der Waals surface area (Å²) in [4.78, 5) is 0.273. The number of aryl methyl sites for hydroxylation is 1. The van der Waals surface area contributed by atoms with Gasteiger partial charge in [-0.15, -0.1) is 0 Å². The quantitative estimate of drug-likeness (QED) is 0.746. The molecule has 0 fully saturated rings. The third-order valence-corrected chi connectivity index (χ3v) is 4.84. The van der Waals surface area contributed by atoms with E-state index in [0.29, 0.717) is 17.7 Å². The largest absolute Gasteiger partial charge is 0.282 e. The fourth-order valence-electron chi connectivity index (χ4n) is 1.63. The van der Waals surface area contributed by atoms with Crippen LogP contribution in [0.15, 0.2) is 55.4 Å². The Kier molecular flexibility index (Phi) is 4.01. The smallest absolute Gasteiger partial charge is 0.199 e. The highest BCUT2D eigenvalue weighted by atomic mass is 127. The Morgan fingerprint density at radius 3 is 2.56 bits per heavy atom. The van der Waals surface area contributed by atoms with Gasteiger partial charge >= 0.3 is 0 Å². The van der Waals surface area contributed by atoms with Gasteiger partial charge in [-0.3, -0.25) is 0 Å². The van der Waals surface area contributed by atoms with E-state index in [-0.39, 0.29) is 4.90 Å². The Bertz CT molecular complexity index is 657. The van der Waals surface area contributed by atoms with Crippen LogP contribution in [0.25, 0.3) is 0 Å². The molecular formula is C13H12INO2S. The van der Waals surface area contributed by atoms with E-state index >= 15 is 0 Å². The van der Waals surface area contributed by atoms with Crippen molar-refractivity contribution in [1.82, 2.24) is 0 Å². The van der Waals surface area contributed by atoms with Crippen LogP contribution < -0.4 is 0 Å². The molecule has 2 rings (SSSR count). The number of hydrogen-bond donors (Lipinski definition) is 0. The zero-order chi connectivity index (χ0) is 13.2. The molecular weight excluding hydrogens is 361 g/mol. The zero-order valence-electron chi connectivity index (χ0n) is 9.80. The van der Waals surface area contributed by atoms with Crippen LogP contribution >= 0.6 is 22.6 Å². The second-order valence-electron chi connectivity index (χ2n) is 3.95. The number of sulfonamides is 1. The van der Waals surface area contributed by atoms with Crippen molar-refractivity contribution in [1.29, 1.82) is 0 Å². The van der Waals surface area contributed by atoms with Crippen LogP contribution in [0.2, 0.25) is 0 Å². The van der Waals surface area contributed by atoms with E-state index in [1.807, 2.05) is 18.2 Å². The number of rotatable bonds is 2. The van der Waals surface area contributed by atoms with Gasteiger partial charge in [-0.05, 0) is 53.3 Å². The maximum absolute atomic E-state index is 12.2. The van der Waals surface area contributed by atoms with E-state index in [2.05, 4.69) is 27.0 Å². The van der Waals surface area contributed by atoms with Crippen molar-refractivity contribution in [3.8, 4) is 0 Å². The van der Waals surface area contributed by atoms with Crippen molar-refractivity contribution in [3.05, 3.63) is 51.6 Å². The molecule has 0 bridgehead atoms. The normalized spacial score (nSPS) is 17.9. The maximum atomic E-state index is 12.2.